The van der Waals surface area contributed by atoms with Crippen molar-refractivity contribution in [1.82, 2.24) is 4.98 Å². The molecule has 3 heteroatoms. The lowest BCUT2D eigenvalue weighted by atomic mass is 10.2. The van der Waals surface area contributed by atoms with E-state index in [1.807, 2.05) is 0 Å². The number of nitrogens with zero attached hydrogens (tertiary/aromatic N) is 1. The van der Waals surface area contributed by atoms with Crippen LogP contribution in [0.2, 0.25) is 5.02 Å². The van der Waals surface area contributed by atoms with Crippen LogP contribution in [0.5, 0.6) is 5.88 Å². The van der Waals surface area contributed by atoms with E-state index in [4.69, 9.17) is 16.3 Å². The van der Waals surface area contributed by atoms with Crippen LogP contribution in [0, 0.1) is 0 Å². The van der Waals surface area contributed by atoms with Crippen LogP contribution in [0.3, 0.4) is 0 Å². The van der Waals surface area contributed by atoms with Gasteiger partial charge in [0.1, 0.15) is 0 Å². The monoisotopic (exact) mass is 199 g/mol. The van der Waals surface area contributed by atoms with Crippen LogP contribution in [0.25, 0.3) is 0 Å². The topological polar surface area (TPSA) is 22.1 Å². The Kier molecular flexibility index (Phi) is 4.03. The highest BCUT2D eigenvalue weighted by molar-refractivity contribution is 6.30. The fourth-order valence-corrected chi connectivity index (χ4v) is 1.23. The van der Waals surface area contributed by atoms with Gasteiger partial charge in [0.2, 0.25) is 5.88 Å². The normalized spacial score (nSPS) is 10.5. The van der Waals surface area contributed by atoms with Crippen molar-refractivity contribution in [3.05, 3.63) is 23.4 Å². The molecule has 72 valence electrons. The zero-order chi connectivity index (χ0) is 9.68. The molecule has 0 spiro atoms. The molecular weight excluding hydrogens is 186 g/mol. The lowest BCUT2D eigenvalue weighted by molar-refractivity contribution is 0.185. The van der Waals surface area contributed by atoms with Crippen LogP contribution in [0.15, 0.2) is 18.3 Å². The van der Waals surface area contributed by atoms with Crippen LogP contribution in [-0.2, 0) is 0 Å². The van der Waals surface area contributed by atoms with E-state index in [0.717, 1.165) is 12.8 Å². The fourth-order valence-electron chi connectivity index (χ4n) is 1.08. The number of pyridine rings is 1. The van der Waals surface area contributed by atoms with E-state index in [-0.39, 0.29) is 6.10 Å². The highest BCUT2D eigenvalue weighted by atomic mass is 35.5. The van der Waals surface area contributed by atoms with E-state index in [1.165, 1.54) is 0 Å². The number of halogens is 1. The minimum Gasteiger partial charge on any atom is -0.474 e. The van der Waals surface area contributed by atoms with Crippen molar-refractivity contribution in [3.8, 4) is 5.88 Å². The highest BCUT2D eigenvalue weighted by Crippen LogP contribution is 2.16. The van der Waals surface area contributed by atoms with E-state index >= 15 is 0 Å². The van der Waals surface area contributed by atoms with Crippen LogP contribution in [-0.4, -0.2) is 11.1 Å². The Bertz CT molecular complexity index is 261. The molecule has 0 radical (unpaired) electrons. The van der Waals surface area contributed by atoms with Gasteiger partial charge in [0, 0.05) is 17.3 Å². The molecule has 0 saturated heterocycles. The molecule has 1 aromatic rings. The smallest absolute Gasteiger partial charge is 0.214 e. The molecule has 0 unspecified atom stereocenters. The van der Waals surface area contributed by atoms with E-state index in [2.05, 4.69) is 18.8 Å². The molecule has 1 rings (SSSR count). The SMILES string of the molecule is CCC(CC)Oc1cc(Cl)ccn1. The Morgan fingerprint density at radius 1 is 1.46 bits per heavy atom. The summed E-state index contributed by atoms with van der Waals surface area (Å²) in [5, 5.41) is 0.663. The molecule has 0 aliphatic rings. The minimum absolute atomic E-state index is 0.242. The summed E-state index contributed by atoms with van der Waals surface area (Å²) in [6, 6.07) is 3.47. The molecule has 2 nitrogen and oxygen atoms in total. The van der Waals surface area contributed by atoms with Gasteiger partial charge in [-0.2, -0.15) is 0 Å². The molecule has 13 heavy (non-hydrogen) atoms. The van der Waals surface area contributed by atoms with E-state index < -0.39 is 0 Å². The Morgan fingerprint density at radius 2 is 2.15 bits per heavy atom. The zero-order valence-electron chi connectivity index (χ0n) is 7.96. The van der Waals surface area contributed by atoms with Crippen molar-refractivity contribution in [2.24, 2.45) is 0 Å². The third-order valence-corrected chi connectivity index (χ3v) is 2.13. The maximum absolute atomic E-state index is 5.79. The second-order valence-corrected chi connectivity index (χ2v) is 3.31. The molecule has 0 fully saturated rings. The fraction of sp³-hybridized carbons (Fsp3) is 0.500. The van der Waals surface area contributed by atoms with Gasteiger partial charge in [-0.1, -0.05) is 25.4 Å². The first-order chi connectivity index (χ1) is 6.26. The van der Waals surface area contributed by atoms with Crippen LogP contribution < -0.4 is 4.74 Å². The first-order valence-corrected chi connectivity index (χ1v) is 4.92. The third-order valence-electron chi connectivity index (χ3n) is 1.89. The van der Waals surface area contributed by atoms with Crippen molar-refractivity contribution >= 4 is 11.6 Å². The number of ether oxygens (including phenoxy) is 1. The van der Waals surface area contributed by atoms with Gasteiger partial charge in [-0.3, -0.25) is 0 Å². The van der Waals surface area contributed by atoms with Gasteiger partial charge in [0.15, 0.2) is 0 Å². The van der Waals surface area contributed by atoms with Crippen molar-refractivity contribution in [3.63, 3.8) is 0 Å². The Morgan fingerprint density at radius 3 is 2.69 bits per heavy atom. The van der Waals surface area contributed by atoms with Gasteiger partial charge >= 0.3 is 0 Å². The van der Waals surface area contributed by atoms with Crippen molar-refractivity contribution in [1.29, 1.82) is 0 Å². The Labute approximate surface area is 83.9 Å². The van der Waals surface area contributed by atoms with E-state index in [0.29, 0.717) is 10.9 Å². The summed E-state index contributed by atoms with van der Waals surface area (Å²) in [7, 11) is 0. The molecule has 1 heterocycles. The minimum atomic E-state index is 0.242. The Hall–Kier alpha value is -0.760. The lowest BCUT2D eigenvalue weighted by Gasteiger charge is -2.14. The van der Waals surface area contributed by atoms with Crippen molar-refractivity contribution in [2.75, 3.05) is 0 Å². The molecule has 1 aromatic heterocycles. The largest absolute Gasteiger partial charge is 0.474 e. The molecule has 0 aliphatic carbocycles. The first kappa shape index (κ1) is 10.3. The average molecular weight is 200 g/mol. The molecule has 0 N–H and O–H groups in total. The van der Waals surface area contributed by atoms with Crippen molar-refractivity contribution < 1.29 is 4.74 Å². The number of aromatic nitrogens is 1. The van der Waals surface area contributed by atoms with Crippen LogP contribution in [0.4, 0.5) is 0 Å². The second-order valence-electron chi connectivity index (χ2n) is 2.87. The van der Waals surface area contributed by atoms with E-state index in [1.54, 1.807) is 18.3 Å². The molecular formula is C10H14ClNO. The summed E-state index contributed by atoms with van der Waals surface area (Å²) in [6.45, 7) is 4.19. The predicted molar refractivity (Wildman–Crippen MR) is 54.2 cm³/mol. The van der Waals surface area contributed by atoms with Gasteiger partial charge < -0.3 is 4.74 Å². The first-order valence-electron chi connectivity index (χ1n) is 4.54. The second kappa shape index (κ2) is 5.07. The van der Waals surface area contributed by atoms with Gasteiger partial charge in [-0.25, -0.2) is 4.98 Å². The molecule has 0 saturated carbocycles. The molecule has 0 atom stereocenters. The quantitative estimate of drug-likeness (QED) is 0.743. The Balaban J connectivity index is 2.62. The average Bonchev–Trinajstić information content (AvgIpc) is 2.14. The summed E-state index contributed by atoms with van der Waals surface area (Å²) >= 11 is 5.79. The molecule has 0 aliphatic heterocycles. The van der Waals surface area contributed by atoms with E-state index in [9.17, 15) is 0 Å². The summed E-state index contributed by atoms with van der Waals surface area (Å²) in [5.74, 6) is 0.612. The predicted octanol–water partition coefficient (Wildman–Crippen LogP) is 3.30. The van der Waals surface area contributed by atoms with Gasteiger partial charge in [-0.05, 0) is 18.9 Å². The number of hydrogen-bond acceptors (Lipinski definition) is 2. The lowest BCUT2D eigenvalue weighted by Crippen LogP contribution is -2.14. The zero-order valence-corrected chi connectivity index (χ0v) is 8.71. The highest BCUT2D eigenvalue weighted by Gasteiger charge is 2.05. The van der Waals surface area contributed by atoms with Crippen LogP contribution >= 0.6 is 11.6 Å². The van der Waals surface area contributed by atoms with Gasteiger partial charge in [0.25, 0.3) is 0 Å². The van der Waals surface area contributed by atoms with Gasteiger partial charge in [-0.15, -0.1) is 0 Å². The summed E-state index contributed by atoms with van der Waals surface area (Å²) in [6.07, 6.45) is 3.88. The molecule has 0 amide bonds. The number of hydrogen-bond donors (Lipinski definition) is 0. The maximum atomic E-state index is 5.79. The standard InChI is InChI=1S/C10H14ClNO/c1-3-9(4-2)13-10-7-8(11)5-6-12-10/h5-7,9H,3-4H2,1-2H3. The maximum Gasteiger partial charge on any atom is 0.214 e. The van der Waals surface area contributed by atoms with Crippen LogP contribution in [0.1, 0.15) is 26.7 Å². The third kappa shape index (κ3) is 3.23. The number of rotatable bonds is 4. The molecule has 0 bridgehead atoms. The van der Waals surface area contributed by atoms with Gasteiger partial charge in [0.05, 0.1) is 6.10 Å². The summed E-state index contributed by atoms with van der Waals surface area (Å²) in [4.78, 5) is 4.07. The summed E-state index contributed by atoms with van der Waals surface area (Å²) in [5.41, 5.74) is 0. The summed E-state index contributed by atoms with van der Waals surface area (Å²) < 4.78 is 5.60. The van der Waals surface area contributed by atoms with Crippen molar-refractivity contribution in [2.45, 2.75) is 32.8 Å². The molecule has 0 aromatic carbocycles.